The van der Waals surface area contributed by atoms with Gasteiger partial charge in [0.05, 0.1) is 0 Å². The van der Waals surface area contributed by atoms with Crippen LogP contribution in [-0.2, 0) is 11.2 Å². The summed E-state index contributed by atoms with van der Waals surface area (Å²) in [5.74, 6) is 1.38. The number of hydrogen-bond donors (Lipinski definition) is 1. The van der Waals surface area contributed by atoms with E-state index in [0.717, 1.165) is 12.0 Å². The van der Waals surface area contributed by atoms with Gasteiger partial charge in [-0.05, 0) is 35.4 Å². The topological polar surface area (TPSA) is 29.1 Å². The van der Waals surface area contributed by atoms with Crippen LogP contribution in [0.15, 0.2) is 67.3 Å². The van der Waals surface area contributed by atoms with E-state index >= 15 is 0 Å². The quantitative estimate of drug-likeness (QED) is 0.823. The highest BCUT2D eigenvalue weighted by atomic mass is 16.1. The van der Waals surface area contributed by atoms with E-state index in [0.29, 0.717) is 24.3 Å². The minimum Gasteiger partial charge on any atom is -0.352 e. The fourth-order valence-corrected chi connectivity index (χ4v) is 4.25. The summed E-state index contributed by atoms with van der Waals surface area (Å²) < 4.78 is 0. The molecule has 0 saturated heterocycles. The van der Waals surface area contributed by atoms with Crippen molar-refractivity contribution in [1.82, 2.24) is 5.32 Å². The number of nitrogens with one attached hydrogen (secondary N) is 1. The standard InChI is InChI=1S/C22H23NO/c1-2-15(16-8-4-3-5-9-16)14-20(24)23-22-19-13-12-17-10-6-7-11-18(17)21(19)22/h2-11,15,19,21-22H,1,12-14H2,(H,23,24)/t15-,19-,21+,22-/m1/s1. The van der Waals surface area contributed by atoms with E-state index in [1.807, 2.05) is 24.3 Å². The van der Waals surface area contributed by atoms with Crippen LogP contribution < -0.4 is 5.32 Å². The van der Waals surface area contributed by atoms with Crippen molar-refractivity contribution in [2.75, 3.05) is 0 Å². The Labute approximate surface area is 143 Å². The van der Waals surface area contributed by atoms with Gasteiger partial charge in [0, 0.05) is 24.3 Å². The average molecular weight is 317 g/mol. The highest BCUT2D eigenvalue weighted by molar-refractivity contribution is 5.78. The summed E-state index contributed by atoms with van der Waals surface area (Å²) in [6.07, 6.45) is 4.69. The lowest BCUT2D eigenvalue weighted by atomic mass is 9.92. The fourth-order valence-electron chi connectivity index (χ4n) is 4.25. The third-order valence-electron chi connectivity index (χ3n) is 5.57. The number of carbonyl (C=O) groups excluding carboxylic acids is 1. The molecule has 0 aliphatic heterocycles. The maximum Gasteiger partial charge on any atom is 0.221 e. The molecule has 1 fully saturated rings. The second-order valence-electron chi connectivity index (χ2n) is 6.98. The molecule has 0 radical (unpaired) electrons. The molecule has 2 heteroatoms. The Bertz CT molecular complexity index is 752. The SMILES string of the molecule is C=C[C@H](CC(=O)N[C@@H]1[C@@H]2CCc3ccccc3[C@@H]21)c1ccccc1. The van der Waals surface area contributed by atoms with Crippen LogP contribution in [0.2, 0.25) is 0 Å². The molecular weight excluding hydrogens is 294 g/mol. The van der Waals surface area contributed by atoms with Gasteiger partial charge in [0.1, 0.15) is 0 Å². The van der Waals surface area contributed by atoms with Gasteiger partial charge in [0.2, 0.25) is 5.91 Å². The van der Waals surface area contributed by atoms with Gasteiger partial charge in [0.25, 0.3) is 0 Å². The maximum atomic E-state index is 12.5. The van der Waals surface area contributed by atoms with Crippen molar-refractivity contribution >= 4 is 5.91 Å². The first-order valence-electron chi connectivity index (χ1n) is 8.82. The van der Waals surface area contributed by atoms with Crippen LogP contribution in [0.5, 0.6) is 0 Å². The second-order valence-corrected chi connectivity index (χ2v) is 6.98. The summed E-state index contributed by atoms with van der Waals surface area (Å²) in [4.78, 5) is 12.5. The first kappa shape index (κ1) is 15.2. The highest BCUT2D eigenvalue weighted by Crippen LogP contribution is 2.54. The van der Waals surface area contributed by atoms with E-state index in [2.05, 4.69) is 48.3 Å². The molecule has 2 aliphatic carbocycles. The lowest BCUT2D eigenvalue weighted by Gasteiger charge is -2.13. The monoisotopic (exact) mass is 317 g/mol. The van der Waals surface area contributed by atoms with Gasteiger partial charge < -0.3 is 5.32 Å². The van der Waals surface area contributed by atoms with Crippen LogP contribution in [-0.4, -0.2) is 11.9 Å². The van der Waals surface area contributed by atoms with Crippen LogP contribution in [0, 0.1) is 5.92 Å². The third kappa shape index (κ3) is 2.77. The van der Waals surface area contributed by atoms with Crippen molar-refractivity contribution in [3.8, 4) is 0 Å². The van der Waals surface area contributed by atoms with E-state index in [9.17, 15) is 4.79 Å². The summed E-state index contributed by atoms with van der Waals surface area (Å²) in [5, 5.41) is 3.28. The number of rotatable bonds is 5. The summed E-state index contributed by atoms with van der Waals surface area (Å²) in [6, 6.07) is 19.1. The van der Waals surface area contributed by atoms with Crippen LogP contribution >= 0.6 is 0 Å². The Hall–Kier alpha value is -2.35. The lowest BCUT2D eigenvalue weighted by Crippen LogP contribution is -2.28. The predicted octanol–water partition coefficient (Wildman–Crippen LogP) is 4.19. The minimum absolute atomic E-state index is 0.0827. The van der Waals surface area contributed by atoms with Crippen molar-refractivity contribution in [3.63, 3.8) is 0 Å². The van der Waals surface area contributed by atoms with Crippen molar-refractivity contribution in [2.45, 2.75) is 37.1 Å². The zero-order valence-electron chi connectivity index (χ0n) is 13.8. The molecule has 1 N–H and O–H groups in total. The van der Waals surface area contributed by atoms with Gasteiger partial charge in [0.15, 0.2) is 0 Å². The number of hydrogen-bond acceptors (Lipinski definition) is 1. The van der Waals surface area contributed by atoms with Gasteiger partial charge in [-0.2, -0.15) is 0 Å². The Kier molecular flexibility index (Phi) is 3.97. The van der Waals surface area contributed by atoms with Gasteiger partial charge in [-0.1, -0.05) is 60.7 Å². The number of benzene rings is 2. The Morgan fingerprint density at radius 2 is 1.92 bits per heavy atom. The Balaban J connectivity index is 1.40. The molecule has 0 unspecified atom stereocenters. The molecule has 2 aromatic rings. The molecular formula is C22H23NO. The normalized spacial score (nSPS) is 25.1. The Morgan fingerprint density at radius 1 is 1.17 bits per heavy atom. The number of aryl methyl sites for hydroxylation is 1. The Morgan fingerprint density at radius 3 is 2.71 bits per heavy atom. The lowest BCUT2D eigenvalue weighted by molar-refractivity contribution is -0.121. The van der Waals surface area contributed by atoms with Gasteiger partial charge in [-0.25, -0.2) is 0 Å². The van der Waals surface area contributed by atoms with E-state index in [-0.39, 0.29) is 11.8 Å². The first-order chi connectivity index (χ1) is 11.8. The molecule has 122 valence electrons. The fraction of sp³-hybridized carbons (Fsp3) is 0.318. The number of fused-ring (bicyclic) bond motifs is 3. The zero-order chi connectivity index (χ0) is 16.5. The number of allylic oxidation sites excluding steroid dienone is 1. The predicted molar refractivity (Wildman–Crippen MR) is 96.9 cm³/mol. The molecule has 2 aliphatic rings. The molecule has 1 saturated carbocycles. The summed E-state index contributed by atoms with van der Waals surface area (Å²) in [5.41, 5.74) is 4.06. The third-order valence-corrected chi connectivity index (χ3v) is 5.57. The highest BCUT2D eigenvalue weighted by Gasteiger charge is 2.53. The van der Waals surface area contributed by atoms with E-state index < -0.39 is 0 Å². The molecule has 4 atom stereocenters. The molecule has 4 rings (SSSR count). The summed E-state index contributed by atoms with van der Waals surface area (Å²) in [7, 11) is 0. The molecule has 0 heterocycles. The van der Waals surface area contributed by atoms with Crippen molar-refractivity contribution in [3.05, 3.63) is 83.9 Å². The van der Waals surface area contributed by atoms with Crippen LogP contribution in [0.25, 0.3) is 0 Å². The van der Waals surface area contributed by atoms with Crippen molar-refractivity contribution < 1.29 is 4.79 Å². The molecule has 24 heavy (non-hydrogen) atoms. The van der Waals surface area contributed by atoms with Gasteiger partial charge >= 0.3 is 0 Å². The number of carbonyl (C=O) groups is 1. The molecule has 1 amide bonds. The van der Waals surface area contributed by atoms with Crippen molar-refractivity contribution in [1.29, 1.82) is 0 Å². The molecule has 0 aromatic heterocycles. The molecule has 2 nitrogen and oxygen atoms in total. The van der Waals surface area contributed by atoms with Crippen molar-refractivity contribution in [2.24, 2.45) is 5.92 Å². The summed E-state index contributed by atoms with van der Waals surface area (Å²) >= 11 is 0. The molecule has 0 bridgehead atoms. The van der Waals surface area contributed by atoms with Crippen LogP contribution in [0.4, 0.5) is 0 Å². The molecule has 2 aromatic carbocycles. The van der Waals surface area contributed by atoms with E-state index in [4.69, 9.17) is 0 Å². The minimum atomic E-state index is 0.0827. The largest absolute Gasteiger partial charge is 0.352 e. The number of amides is 1. The van der Waals surface area contributed by atoms with Gasteiger partial charge in [-0.3, -0.25) is 4.79 Å². The zero-order valence-corrected chi connectivity index (χ0v) is 13.8. The summed E-state index contributed by atoms with van der Waals surface area (Å²) in [6.45, 7) is 3.91. The van der Waals surface area contributed by atoms with E-state index in [1.165, 1.54) is 17.5 Å². The van der Waals surface area contributed by atoms with Gasteiger partial charge in [-0.15, -0.1) is 6.58 Å². The van der Waals surface area contributed by atoms with E-state index in [1.54, 1.807) is 0 Å². The first-order valence-corrected chi connectivity index (χ1v) is 8.82. The maximum absolute atomic E-state index is 12.5. The average Bonchev–Trinajstić information content (AvgIpc) is 3.33. The van der Waals surface area contributed by atoms with Crippen LogP contribution in [0.1, 0.15) is 41.4 Å². The van der Waals surface area contributed by atoms with Crippen LogP contribution in [0.3, 0.4) is 0 Å². The smallest absolute Gasteiger partial charge is 0.221 e. The second kappa shape index (κ2) is 6.27. The molecule has 0 spiro atoms.